The van der Waals surface area contributed by atoms with Gasteiger partial charge in [-0.25, -0.2) is 8.42 Å². The minimum absolute atomic E-state index is 0.240. The molecule has 0 fully saturated rings. The highest BCUT2D eigenvalue weighted by Crippen LogP contribution is 2.27. The second-order valence-electron chi connectivity index (χ2n) is 6.55. The van der Waals surface area contributed by atoms with Gasteiger partial charge in [-0.15, -0.1) is 0 Å². The zero-order valence-corrected chi connectivity index (χ0v) is 17.9. The SMILES string of the molecule is Cc1ccc([C@@H](C)NC(=O)CN(c2cc(Cl)cc(Cl)c2)S(C)(=O)=O)c(C)c1. The molecular weight excluding hydrogens is 407 g/mol. The molecule has 8 heteroatoms. The van der Waals surface area contributed by atoms with E-state index in [0.717, 1.165) is 27.3 Å². The van der Waals surface area contributed by atoms with Crippen LogP contribution in [0.4, 0.5) is 5.69 Å². The summed E-state index contributed by atoms with van der Waals surface area (Å²) < 4.78 is 25.4. The van der Waals surface area contributed by atoms with Crippen LogP contribution in [-0.2, 0) is 14.8 Å². The molecule has 0 unspecified atom stereocenters. The van der Waals surface area contributed by atoms with Crippen LogP contribution in [0.1, 0.15) is 29.7 Å². The number of rotatable bonds is 6. The number of anilines is 1. The van der Waals surface area contributed by atoms with Gasteiger partial charge in [0.05, 0.1) is 18.0 Å². The van der Waals surface area contributed by atoms with Crippen molar-refractivity contribution >= 4 is 44.8 Å². The Balaban J connectivity index is 2.21. The zero-order chi connectivity index (χ0) is 20.4. The molecule has 0 radical (unpaired) electrons. The molecule has 0 heterocycles. The van der Waals surface area contributed by atoms with Gasteiger partial charge in [0, 0.05) is 10.0 Å². The summed E-state index contributed by atoms with van der Waals surface area (Å²) >= 11 is 11.9. The van der Waals surface area contributed by atoms with Crippen molar-refractivity contribution in [3.63, 3.8) is 0 Å². The lowest BCUT2D eigenvalue weighted by atomic mass is 10.0. The summed E-state index contributed by atoms with van der Waals surface area (Å²) in [6.45, 7) is 5.46. The number of nitrogens with one attached hydrogen (secondary N) is 1. The fourth-order valence-electron chi connectivity index (χ4n) is 2.89. The first-order valence-electron chi connectivity index (χ1n) is 8.27. The first-order valence-corrected chi connectivity index (χ1v) is 10.9. The van der Waals surface area contributed by atoms with E-state index in [1.807, 2.05) is 39.0 Å². The second kappa shape index (κ2) is 8.50. The Kier molecular flexibility index (Phi) is 6.78. The number of hydrogen-bond donors (Lipinski definition) is 1. The van der Waals surface area contributed by atoms with Crippen molar-refractivity contribution < 1.29 is 13.2 Å². The quantitative estimate of drug-likeness (QED) is 0.747. The summed E-state index contributed by atoms with van der Waals surface area (Å²) in [6, 6.07) is 10.1. The van der Waals surface area contributed by atoms with Crippen LogP contribution in [0, 0.1) is 13.8 Å². The summed E-state index contributed by atoms with van der Waals surface area (Å²) in [5.41, 5.74) is 3.41. The maximum Gasteiger partial charge on any atom is 0.241 e. The van der Waals surface area contributed by atoms with E-state index in [4.69, 9.17) is 23.2 Å². The number of hydrogen-bond acceptors (Lipinski definition) is 3. The molecule has 146 valence electrons. The Labute approximate surface area is 170 Å². The van der Waals surface area contributed by atoms with Crippen molar-refractivity contribution in [2.45, 2.75) is 26.8 Å². The number of halogens is 2. The minimum atomic E-state index is -3.71. The highest BCUT2D eigenvalue weighted by Gasteiger charge is 2.23. The predicted octanol–water partition coefficient (Wildman–Crippen LogP) is 4.25. The maximum absolute atomic E-state index is 12.5. The highest BCUT2D eigenvalue weighted by molar-refractivity contribution is 7.92. The fourth-order valence-corrected chi connectivity index (χ4v) is 4.24. The molecular formula is C19H22Cl2N2O3S. The summed E-state index contributed by atoms with van der Waals surface area (Å²) in [5.74, 6) is -0.427. The van der Waals surface area contributed by atoms with Gasteiger partial charge < -0.3 is 5.32 Å². The normalized spacial score (nSPS) is 12.5. The summed E-state index contributed by atoms with van der Waals surface area (Å²) in [7, 11) is -3.71. The third kappa shape index (κ3) is 5.86. The standard InChI is InChI=1S/C19H22Cl2N2O3S/c1-12-5-6-18(13(2)7-12)14(3)22-19(24)11-23(27(4,25)26)17-9-15(20)8-16(21)10-17/h5-10,14H,11H2,1-4H3,(H,22,24)/t14-/m1/s1. The van der Waals surface area contributed by atoms with Gasteiger partial charge in [0.25, 0.3) is 0 Å². The molecule has 0 bridgehead atoms. The van der Waals surface area contributed by atoms with E-state index < -0.39 is 15.9 Å². The minimum Gasteiger partial charge on any atom is -0.348 e. The van der Waals surface area contributed by atoms with Gasteiger partial charge in [0.2, 0.25) is 15.9 Å². The fraction of sp³-hybridized carbons (Fsp3) is 0.316. The summed E-state index contributed by atoms with van der Waals surface area (Å²) in [4.78, 5) is 12.5. The number of amides is 1. The van der Waals surface area contributed by atoms with Crippen molar-refractivity contribution in [3.8, 4) is 0 Å². The molecule has 2 aromatic rings. The molecule has 0 saturated carbocycles. The largest absolute Gasteiger partial charge is 0.348 e. The average molecular weight is 429 g/mol. The number of aryl methyl sites for hydroxylation is 2. The van der Waals surface area contributed by atoms with Crippen LogP contribution in [0.5, 0.6) is 0 Å². The number of sulfonamides is 1. The van der Waals surface area contributed by atoms with Crippen LogP contribution in [0.25, 0.3) is 0 Å². The molecule has 0 spiro atoms. The van der Waals surface area contributed by atoms with Gasteiger partial charge >= 0.3 is 0 Å². The molecule has 0 aliphatic heterocycles. The van der Waals surface area contributed by atoms with Gasteiger partial charge in [-0.2, -0.15) is 0 Å². The van der Waals surface area contributed by atoms with Crippen molar-refractivity contribution in [1.29, 1.82) is 0 Å². The van der Waals surface area contributed by atoms with E-state index in [1.165, 1.54) is 18.2 Å². The molecule has 0 aromatic heterocycles. The van der Waals surface area contributed by atoms with Crippen molar-refractivity contribution in [3.05, 3.63) is 63.1 Å². The van der Waals surface area contributed by atoms with E-state index in [0.29, 0.717) is 0 Å². The summed E-state index contributed by atoms with van der Waals surface area (Å²) in [6.07, 6.45) is 1.03. The molecule has 1 N–H and O–H groups in total. The third-order valence-corrected chi connectivity index (χ3v) is 5.67. The van der Waals surface area contributed by atoms with E-state index in [-0.39, 0.29) is 28.3 Å². The molecule has 2 rings (SSSR count). The van der Waals surface area contributed by atoms with Crippen LogP contribution < -0.4 is 9.62 Å². The molecule has 5 nitrogen and oxygen atoms in total. The van der Waals surface area contributed by atoms with E-state index >= 15 is 0 Å². The van der Waals surface area contributed by atoms with Crippen molar-refractivity contribution in [2.24, 2.45) is 0 Å². The lowest BCUT2D eigenvalue weighted by Crippen LogP contribution is -2.41. The van der Waals surface area contributed by atoms with Crippen LogP contribution in [-0.4, -0.2) is 27.1 Å². The molecule has 27 heavy (non-hydrogen) atoms. The second-order valence-corrected chi connectivity index (χ2v) is 9.33. The molecule has 2 aromatic carbocycles. The van der Waals surface area contributed by atoms with Crippen LogP contribution in [0.3, 0.4) is 0 Å². The monoisotopic (exact) mass is 428 g/mol. The van der Waals surface area contributed by atoms with Crippen LogP contribution in [0.2, 0.25) is 10.0 Å². The molecule has 1 amide bonds. The third-order valence-electron chi connectivity index (χ3n) is 4.09. The molecule has 0 saturated heterocycles. The molecule has 0 aliphatic rings. The lowest BCUT2D eigenvalue weighted by Gasteiger charge is -2.24. The number of benzene rings is 2. The summed E-state index contributed by atoms with van der Waals surface area (Å²) in [5, 5.41) is 3.42. The van der Waals surface area contributed by atoms with Gasteiger partial charge in [-0.3, -0.25) is 9.10 Å². The van der Waals surface area contributed by atoms with Crippen molar-refractivity contribution in [2.75, 3.05) is 17.1 Å². The number of carbonyl (C=O) groups is 1. The first-order chi connectivity index (χ1) is 12.5. The average Bonchev–Trinajstić information content (AvgIpc) is 2.50. The van der Waals surface area contributed by atoms with Crippen LogP contribution >= 0.6 is 23.2 Å². The Morgan fingerprint density at radius 1 is 1.11 bits per heavy atom. The van der Waals surface area contributed by atoms with E-state index in [9.17, 15) is 13.2 Å². The van der Waals surface area contributed by atoms with Crippen LogP contribution in [0.15, 0.2) is 36.4 Å². The van der Waals surface area contributed by atoms with Gasteiger partial charge in [0.1, 0.15) is 6.54 Å². The van der Waals surface area contributed by atoms with Gasteiger partial charge in [-0.05, 0) is 50.1 Å². The molecule has 1 atom stereocenters. The Morgan fingerprint density at radius 2 is 1.70 bits per heavy atom. The predicted molar refractivity (Wildman–Crippen MR) is 111 cm³/mol. The zero-order valence-electron chi connectivity index (χ0n) is 15.6. The molecule has 0 aliphatic carbocycles. The Morgan fingerprint density at radius 3 is 2.22 bits per heavy atom. The van der Waals surface area contributed by atoms with E-state index in [2.05, 4.69) is 5.32 Å². The maximum atomic E-state index is 12.5. The first kappa shape index (κ1) is 21.5. The van der Waals surface area contributed by atoms with Gasteiger partial charge in [0.15, 0.2) is 0 Å². The number of nitrogens with zero attached hydrogens (tertiary/aromatic N) is 1. The Bertz CT molecular complexity index is 941. The smallest absolute Gasteiger partial charge is 0.241 e. The highest BCUT2D eigenvalue weighted by atomic mass is 35.5. The Hall–Kier alpha value is -1.76. The topological polar surface area (TPSA) is 66.5 Å². The van der Waals surface area contributed by atoms with E-state index in [1.54, 1.807) is 0 Å². The lowest BCUT2D eigenvalue weighted by molar-refractivity contribution is -0.120. The number of carbonyl (C=O) groups excluding carboxylic acids is 1. The van der Waals surface area contributed by atoms with Crippen molar-refractivity contribution in [1.82, 2.24) is 5.32 Å². The van der Waals surface area contributed by atoms with Gasteiger partial charge in [-0.1, -0.05) is 47.0 Å².